The predicted octanol–water partition coefficient (Wildman–Crippen LogP) is 1.35. The number of rotatable bonds is 5. The molecule has 1 rings (SSSR count). The van der Waals surface area contributed by atoms with E-state index in [0.29, 0.717) is 13.1 Å². The molecule has 0 bridgehead atoms. The van der Waals surface area contributed by atoms with Crippen LogP contribution in [-0.4, -0.2) is 30.5 Å². The summed E-state index contributed by atoms with van der Waals surface area (Å²) in [7, 11) is 0. The van der Waals surface area contributed by atoms with Gasteiger partial charge in [-0.25, -0.2) is 4.98 Å². The first-order valence-electron chi connectivity index (χ1n) is 5.61. The quantitative estimate of drug-likeness (QED) is 0.816. The number of aromatic nitrogens is 1. The van der Waals surface area contributed by atoms with E-state index in [1.54, 1.807) is 6.20 Å². The fraction of sp³-hybridized carbons (Fsp3) is 0.500. The maximum absolute atomic E-state index is 11.5. The number of hydrogen-bond donors (Lipinski definition) is 1. The maximum Gasteiger partial charge on any atom is 0.239 e. The third kappa shape index (κ3) is 3.53. The largest absolute Gasteiger partial charge is 0.355 e. The molecular formula is C12H19N3O. The van der Waals surface area contributed by atoms with Crippen molar-refractivity contribution in [2.24, 2.45) is 0 Å². The van der Waals surface area contributed by atoms with Gasteiger partial charge in [0.1, 0.15) is 5.82 Å². The molecule has 1 aromatic heterocycles. The van der Waals surface area contributed by atoms with Crippen LogP contribution in [0.15, 0.2) is 18.3 Å². The number of likely N-dealkylation sites (N-methyl/N-ethyl adjacent to an activating group) is 2. The van der Waals surface area contributed by atoms with Gasteiger partial charge < -0.3 is 10.2 Å². The molecular weight excluding hydrogens is 202 g/mol. The van der Waals surface area contributed by atoms with Gasteiger partial charge in [0.2, 0.25) is 5.91 Å². The zero-order valence-corrected chi connectivity index (χ0v) is 10.2. The monoisotopic (exact) mass is 221 g/mol. The van der Waals surface area contributed by atoms with Crippen molar-refractivity contribution >= 4 is 11.7 Å². The average Bonchev–Trinajstić information content (AvgIpc) is 2.26. The minimum absolute atomic E-state index is 0.0349. The molecule has 4 heteroatoms. The lowest BCUT2D eigenvalue weighted by molar-refractivity contribution is -0.119. The maximum atomic E-state index is 11.5. The van der Waals surface area contributed by atoms with E-state index in [4.69, 9.17) is 0 Å². The van der Waals surface area contributed by atoms with E-state index in [1.807, 2.05) is 37.8 Å². The first kappa shape index (κ1) is 12.5. The summed E-state index contributed by atoms with van der Waals surface area (Å²) in [5.41, 5.74) is 1.15. The van der Waals surface area contributed by atoms with Crippen molar-refractivity contribution < 1.29 is 4.79 Å². The molecule has 0 saturated carbocycles. The van der Waals surface area contributed by atoms with Crippen molar-refractivity contribution in [2.75, 3.05) is 24.5 Å². The van der Waals surface area contributed by atoms with Crippen molar-refractivity contribution in [3.8, 4) is 0 Å². The summed E-state index contributed by atoms with van der Waals surface area (Å²) in [5, 5.41) is 2.79. The second kappa shape index (κ2) is 6.10. The lowest BCUT2D eigenvalue weighted by atomic mass is 10.3. The summed E-state index contributed by atoms with van der Waals surface area (Å²) in [5.74, 6) is 0.890. The molecule has 0 aliphatic carbocycles. The van der Waals surface area contributed by atoms with Crippen molar-refractivity contribution in [3.05, 3.63) is 23.9 Å². The number of pyridine rings is 1. The highest BCUT2D eigenvalue weighted by atomic mass is 16.2. The van der Waals surface area contributed by atoms with Gasteiger partial charge in [-0.2, -0.15) is 0 Å². The SMILES string of the molecule is CCNC(=O)CN(CC)c1cc(C)ccn1. The highest BCUT2D eigenvalue weighted by Gasteiger charge is 2.09. The lowest BCUT2D eigenvalue weighted by Gasteiger charge is -2.21. The van der Waals surface area contributed by atoms with Crippen LogP contribution < -0.4 is 10.2 Å². The van der Waals surface area contributed by atoms with Gasteiger partial charge in [0.15, 0.2) is 0 Å². The van der Waals surface area contributed by atoms with Gasteiger partial charge in [-0.3, -0.25) is 4.79 Å². The van der Waals surface area contributed by atoms with Gasteiger partial charge in [0.05, 0.1) is 6.54 Å². The van der Waals surface area contributed by atoms with E-state index in [9.17, 15) is 4.79 Å². The minimum atomic E-state index is 0.0349. The Morgan fingerprint density at radius 2 is 2.25 bits per heavy atom. The summed E-state index contributed by atoms with van der Waals surface area (Å²) in [6.07, 6.45) is 1.77. The Kier molecular flexibility index (Phi) is 4.76. The molecule has 16 heavy (non-hydrogen) atoms. The first-order valence-corrected chi connectivity index (χ1v) is 5.61. The van der Waals surface area contributed by atoms with Crippen LogP contribution in [0.2, 0.25) is 0 Å². The fourth-order valence-corrected chi connectivity index (χ4v) is 1.47. The Hall–Kier alpha value is -1.58. The van der Waals surface area contributed by atoms with Gasteiger partial charge in [-0.1, -0.05) is 0 Å². The summed E-state index contributed by atoms with van der Waals surface area (Å²) >= 11 is 0. The van der Waals surface area contributed by atoms with Crippen molar-refractivity contribution in [1.82, 2.24) is 10.3 Å². The highest BCUT2D eigenvalue weighted by molar-refractivity contribution is 5.80. The number of nitrogens with one attached hydrogen (secondary N) is 1. The average molecular weight is 221 g/mol. The molecule has 1 heterocycles. The van der Waals surface area contributed by atoms with Crippen LogP contribution >= 0.6 is 0 Å². The Morgan fingerprint density at radius 1 is 1.50 bits per heavy atom. The van der Waals surface area contributed by atoms with Crippen LogP contribution in [0.4, 0.5) is 5.82 Å². The minimum Gasteiger partial charge on any atom is -0.355 e. The molecule has 88 valence electrons. The number of carbonyl (C=O) groups excluding carboxylic acids is 1. The van der Waals surface area contributed by atoms with Gasteiger partial charge in [0, 0.05) is 19.3 Å². The zero-order valence-electron chi connectivity index (χ0n) is 10.2. The Morgan fingerprint density at radius 3 is 2.81 bits per heavy atom. The molecule has 0 aliphatic rings. The van der Waals surface area contributed by atoms with E-state index in [2.05, 4.69) is 10.3 Å². The molecule has 0 atom stereocenters. The molecule has 1 aromatic rings. The standard InChI is InChI=1S/C12H19N3O/c1-4-13-12(16)9-15(5-2)11-8-10(3)6-7-14-11/h6-8H,4-5,9H2,1-3H3,(H,13,16). The number of amides is 1. The topological polar surface area (TPSA) is 45.2 Å². The molecule has 0 unspecified atom stereocenters. The molecule has 0 fully saturated rings. The Labute approximate surface area is 96.7 Å². The fourth-order valence-electron chi connectivity index (χ4n) is 1.47. The van der Waals surface area contributed by atoms with Crippen LogP contribution in [-0.2, 0) is 4.79 Å². The van der Waals surface area contributed by atoms with Crippen LogP contribution in [0, 0.1) is 6.92 Å². The molecule has 4 nitrogen and oxygen atoms in total. The molecule has 0 saturated heterocycles. The van der Waals surface area contributed by atoms with Crippen molar-refractivity contribution in [1.29, 1.82) is 0 Å². The zero-order chi connectivity index (χ0) is 12.0. The number of carbonyl (C=O) groups is 1. The summed E-state index contributed by atoms with van der Waals surface area (Å²) in [6, 6.07) is 3.94. The summed E-state index contributed by atoms with van der Waals surface area (Å²) < 4.78 is 0. The molecule has 0 aromatic carbocycles. The Balaban J connectivity index is 2.70. The van der Waals surface area contributed by atoms with Gasteiger partial charge >= 0.3 is 0 Å². The highest BCUT2D eigenvalue weighted by Crippen LogP contribution is 2.11. The van der Waals surface area contributed by atoms with Crippen LogP contribution in [0.3, 0.4) is 0 Å². The van der Waals surface area contributed by atoms with Gasteiger partial charge in [-0.15, -0.1) is 0 Å². The van der Waals surface area contributed by atoms with Crippen molar-refractivity contribution in [2.45, 2.75) is 20.8 Å². The first-order chi connectivity index (χ1) is 7.67. The van der Waals surface area contributed by atoms with Crippen LogP contribution in [0.1, 0.15) is 19.4 Å². The normalized spacial score (nSPS) is 9.94. The van der Waals surface area contributed by atoms with Gasteiger partial charge in [0.25, 0.3) is 0 Å². The number of hydrogen-bond acceptors (Lipinski definition) is 3. The lowest BCUT2D eigenvalue weighted by Crippen LogP contribution is -2.37. The number of nitrogens with zero attached hydrogens (tertiary/aromatic N) is 2. The molecule has 0 aliphatic heterocycles. The second-order valence-corrected chi connectivity index (χ2v) is 3.66. The third-order valence-corrected chi connectivity index (χ3v) is 2.32. The molecule has 0 radical (unpaired) electrons. The smallest absolute Gasteiger partial charge is 0.239 e. The molecule has 1 N–H and O–H groups in total. The molecule has 1 amide bonds. The third-order valence-electron chi connectivity index (χ3n) is 2.32. The Bertz CT molecular complexity index is 352. The second-order valence-electron chi connectivity index (χ2n) is 3.66. The number of aryl methyl sites for hydroxylation is 1. The van der Waals surface area contributed by atoms with E-state index >= 15 is 0 Å². The van der Waals surface area contributed by atoms with E-state index < -0.39 is 0 Å². The van der Waals surface area contributed by atoms with E-state index in [-0.39, 0.29) is 5.91 Å². The van der Waals surface area contributed by atoms with E-state index in [1.165, 1.54) is 0 Å². The van der Waals surface area contributed by atoms with Crippen LogP contribution in [0.5, 0.6) is 0 Å². The summed E-state index contributed by atoms with van der Waals surface area (Å²) in [4.78, 5) is 17.7. The summed E-state index contributed by atoms with van der Waals surface area (Å²) in [6.45, 7) is 7.75. The van der Waals surface area contributed by atoms with Crippen LogP contribution in [0.25, 0.3) is 0 Å². The molecule has 0 spiro atoms. The number of anilines is 1. The van der Waals surface area contributed by atoms with Gasteiger partial charge in [-0.05, 0) is 38.5 Å². The predicted molar refractivity (Wildman–Crippen MR) is 65.5 cm³/mol. The van der Waals surface area contributed by atoms with E-state index in [0.717, 1.165) is 17.9 Å². The van der Waals surface area contributed by atoms with Crippen molar-refractivity contribution in [3.63, 3.8) is 0 Å².